The van der Waals surface area contributed by atoms with Gasteiger partial charge in [-0.3, -0.25) is 4.98 Å². The molecule has 0 amide bonds. The minimum absolute atomic E-state index is 0.276. The molecule has 0 bridgehead atoms. The molecule has 2 aromatic carbocycles. The minimum Gasteiger partial charge on any atom is -0.456 e. The lowest BCUT2D eigenvalue weighted by atomic mass is 10.1. The first kappa shape index (κ1) is 13.5. The summed E-state index contributed by atoms with van der Waals surface area (Å²) in [5.74, 6) is 1.02. The molecule has 0 saturated heterocycles. The van der Waals surface area contributed by atoms with Gasteiger partial charge in [0.15, 0.2) is 0 Å². The van der Waals surface area contributed by atoms with Crippen LogP contribution in [0.5, 0.6) is 11.5 Å². The zero-order valence-electron chi connectivity index (χ0n) is 11.6. The van der Waals surface area contributed by atoms with Crippen LogP contribution in [0.1, 0.15) is 11.3 Å². The van der Waals surface area contributed by atoms with Gasteiger partial charge in [-0.1, -0.05) is 12.1 Å². The Balaban J connectivity index is 2.10. The van der Waals surface area contributed by atoms with E-state index in [9.17, 15) is 4.39 Å². The molecule has 3 aromatic rings. The predicted octanol–water partition coefficient (Wildman–Crippen LogP) is 3.93. The number of hydrogen-bond acceptors (Lipinski definition) is 3. The summed E-state index contributed by atoms with van der Waals surface area (Å²) < 4.78 is 19.1. The van der Waals surface area contributed by atoms with E-state index in [1.54, 1.807) is 6.07 Å². The van der Waals surface area contributed by atoms with E-state index in [2.05, 4.69) is 4.98 Å². The van der Waals surface area contributed by atoms with Gasteiger partial charge in [0, 0.05) is 18.0 Å². The molecular weight excluding hydrogens is 267 g/mol. The number of fused-ring (bicyclic) bond motifs is 1. The molecule has 1 aromatic heterocycles. The lowest BCUT2D eigenvalue weighted by Crippen LogP contribution is -2.01. The van der Waals surface area contributed by atoms with Crippen molar-refractivity contribution < 1.29 is 9.13 Å². The van der Waals surface area contributed by atoms with Crippen molar-refractivity contribution in [1.29, 1.82) is 0 Å². The second-order valence-electron chi connectivity index (χ2n) is 4.84. The number of halogens is 1. The SMILES string of the molecule is Cc1cc(F)ccc1Oc1cc(CN)nc2ccccc12. The Morgan fingerprint density at radius 1 is 1.10 bits per heavy atom. The van der Waals surface area contributed by atoms with Gasteiger partial charge in [0.2, 0.25) is 0 Å². The highest BCUT2D eigenvalue weighted by Gasteiger charge is 2.09. The summed E-state index contributed by atoms with van der Waals surface area (Å²) in [6, 6.07) is 14.0. The lowest BCUT2D eigenvalue weighted by Gasteiger charge is -2.12. The van der Waals surface area contributed by atoms with Crippen LogP contribution in [0.2, 0.25) is 0 Å². The number of hydrogen-bond donors (Lipinski definition) is 1. The van der Waals surface area contributed by atoms with Gasteiger partial charge < -0.3 is 10.5 Å². The second-order valence-corrected chi connectivity index (χ2v) is 4.84. The van der Waals surface area contributed by atoms with E-state index in [4.69, 9.17) is 10.5 Å². The van der Waals surface area contributed by atoms with Crippen LogP contribution in [-0.2, 0) is 6.54 Å². The summed E-state index contributed by atoms with van der Waals surface area (Å²) in [5, 5.41) is 0.901. The van der Waals surface area contributed by atoms with Gasteiger partial charge in [0.05, 0.1) is 11.2 Å². The Labute approximate surface area is 122 Å². The zero-order chi connectivity index (χ0) is 14.8. The van der Waals surface area contributed by atoms with E-state index < -0.39 is 0 Å². The fraction of sp³-hybridized carbons (Fsp3) is 0.118. The summed E-state index contributed by atoms with van der Waals surface area (Å²) in [4.78, 5) is 4.47. The Morgan fingerprint density at radius 3 is 2.67 bits per heavy atom. The quantitative estimate of drug-likeness (QED) is 0.791. The minimum atomic E-state index is -0.276. The van der Waals surface area contributed by atoms with Crippen LogP contribution in [-0.4, -0.2) is 4.98 Å². The highest BCUT2D eigenvalue weighted by atomic mass is 19.1. The van der Waals surface area contributed by atoms with E-state index in [1.165, 1.54) is 12.1 Å². The molecule has 106 valence electrons. The molecule has 0 aliphatic rings. The van der Waals surface area contributed by atoms with Crippen LogP contribution in [0.25, 0.3) is 10.9 Å². The highest BCUT2D eigenvalue weighted by molar-refractivity contribution is 5.85. The summed E-state index contributed by atoms with van der Waals surface area (Å²) in [6.45, 7) is 2.15. The first-order chi connectivity index (χ1) is 10.2. The number of pyridine rings is 1. The molecule has 0 radical (unpaired) electrons. The lowest BCUT2D eigenvalue weighted by molar-refractivity contribution is 0.480. The monoisotopic (exact) mass is 282 g/mol. The van der Waals surface area contributed by atoms with E-state index in [0.717, 1.165) is 22.2 Å². The third-order valence-electron chi connectivity index (χ3n) is 3.30. The predicted molar refractivity (Wildman–Crippen MR) is 80.8 cm³/mol. The van der Waals surface area contributed by atoms with Gasteiger partial charge in [0.25, 0.3) is 0 Å². The van der Waals surface area contributed by atoms with Crippen LogP contribution < -0.4 is 10.5 Å². The average molecular weight is 282 g/mol. The smallest absolute Gasteiger partial charge is 0.138 e. The number of nitrogens with two attached hydrogens (primary N) is 1. The highest BCUT2D eigenvalue weighted by Crippen LogP contribution is 2.31. The van der Waals surface area contributed by atoms with Crippen LogP contribution in [0.15, 0.2) is 48.5 Å². The normalized spacial score (nSPS) is 10.8. The van der Waals surface area contributed by atoms with Crippen LogP contribution in [0, 0.1) is 12.7 Å². The summed E-state index contributed by atoms with van der Waals surface area (Å²) in [5.41, 5.74) is 8.01. The molecule has 0 fully saturated rings. The molecule has 21 heavy (non-hydrogen) atoms. The maximum Gasteiger partial charge on any atom is 0.138 e. The molecular formula is C17H15FN2O. The largest absolute Gasteiger partial charge is 0.456 e. The zero-order valence-corrected chi connectivity index (χ0v) is 11.6. The molecule has 0 atom stereocenters. The molecule has 0 aliphatic carbocycles. The number of rotatable bonds is 3. The molecule has 3 rings (SSSR count). The van der Waals surface area contributed by atoms with Crippen molar-refractivity contribution in [2.75, 3.05) is 0 Å². The van der Waals surface area contributed by atoms with Crippen LogP contribution >= 0.6 is 0 Å². The summed E-state index contributed by atoms with van der Waals surface area (Å²) >= 11 is 0. The van der Waals surface area contributed by atoms with Crippen molar-refractivity contribution in [2.45, 2.75) is 13.5 Å². The Bertz CT molecular complexity index is 802. The van der Waals surface area contributed by atoms with Gasteiger partial charge in [0.1, 0.15) is 17.3 Å². The fourth-order valence-corrected chi connectivity index (χ4v) is 2.23. The number of aromatic nitrogens is 1. The van der Waals surface area contributed by atoms with Crippen molar-refractivity contribution in [1.82, 2.24) is 4.98 Å². The Morgan fingerprint density at radius 2 is 1.90 bits per heavy atom. The first-order valence-electron chi connectivity index (χ1n) is 6.70. The summed E-state index contributed by atoms with van der Waals surface area (Å²) in [7, 11) is 0. The maximum atomic E-state index is 13.2. The number of nitrogens with zero attached hydrogens (tertiary/aromatic N) is 1. The molecule has 0 saturated carbocycles. The van der Waals surface area contributed by atoms with Gasteiger partial charge in [-0.2, -0.15) is 0 Å². The standard InChI is InChI=1S/C17H15FN2O/c1-11-8-12(18)6-7-16(11)21-17-9-13(10-19)20-15-5-3-2-4-14(15)17/h2-9H,10,19H2,1H3. The molecule has 0 aliphatic heterocycles. The topological polar surface area (TPSA) is 48.1 Å². The van der Waals surface area contributed by atoms with Crippen molar-refractivity contribution in [3.8, 4) is 11.5 Å². The third-order valence-corrected chi connectivity index (χ3v) is 3.30. The van der Waals surface area contributed by atoms with Crippen molar-refractivity contribution >= 4 is 10.9 Å². The number of para-hydroxylation sites is 1. The number of benzene rings is 2. The average Bonchev–Trinajstić information content (AvgIpc) is 2.49. The van der Waals surface area contributed by atoms with E-state index in [1.807, 2.05) is 37.3 Å². The molecule has 1 heterocycles. The maximum absolute atomic E-state index is 13.2. The van der Waals surface area contributed by atoms with Crippen molar-refractivity contribution in [2.24, 2.45) is 5.73 Å². The van der Waals surface area contributed by atoms with Gasteiger partial charge in [-0.25, -0.2) is 4.39 Å². The van der Waals surface area contributed by atoms with Crippen LogP contribution in [0.3, 0.4) is 0 Å². The number of ether oxygens (including phenoxy) is 1. The van der Waals surface area contributed by atoms with Gasteiger partial charge >= 0.3 is 0 Å². The first-order valence-corrected chi connectivity index (χ1v) is 6.70. The fourth-order valence-electron chi connectivity index (χ4n) is 2.23. The van der Waals surface area contributed by atoms with Crippen molar-refractivity contribution in [3.05, 3.63) is 65.6 Å². The molecule has 0 spiro atoms. The van der Waals surface area contributed by atoms with E-state index in [-0.39, 0.29) is 5.82 Å². The molecule has 2 N–H and O–H groups in total. The second kappa shape index (κ2) is 5.50. The molecule has 3 nitrogen and oxygen atoms in total. The summed E-state index contributed by atoms with van der Waals surface area (Å²) in [6.07, 6.45) is 0. The van der Waals surface area contributed by atoms with E-state index in [0.29, 0.717) is 18.0 Å². The third kappa shape index (κ3) is 2.71. The van der Waals surface area contributed by atoms with Gasteiger partial charge in [-0.15, -0.1) is 0 Å². The van der Waals surface area contributed by atoms with E-state index >= 15 is 0 Å². The molecule has 4 heteroatoms. The Hall–Kier alpha value is -2.46. The van der Waals surface area contributed by atoms with Gasteiger partial charge in [-0.05, 0) is 42.8 Å². The Kier molecular flexibility index (Phi) is 3.54. The number of aryl methyl sites for hydroxylation is 1. The van der Waals surface area contributed by atoms with Crippen LogP contribution in [0.4, 0.5) is 4.39 Å². The van der Waals surface area contributed by atoms with Crippen molar-refractivity contribution in [3.63, 3.8) is 0 Å². The molecule has 0 unspecified atom stereocenters.